The van der Waals surface area contributed by atoms with Crippen LogP contribution in [0.3, 0.4) is 0 Å². The monoisotopic (exact) mass is 1200 g/mol. The van der Waals surface area contributed by atoms with Gasteiger partial charge in [0.05, 0.1) is 8.64 Å². The summed E-state index contributed by atoms with van der Waals surface area (Å²) >= 11 is 0. The van der Waals surface area contributed by atoms with Gasteiger partial charge in [0, 0.05) is 26.2 Å². The van der Waals surface area contributed by atoms with E-state index >= 15 is 0 Å². The summed E-state index contributed by atoms with van der Waals surface area (Å²) in [5.74, 6) is 5.81. The minimum atomic E-state index is 0.336. The topological polar surface area (TPSA) is 6.48 Å². The van der Waals surface area contributed by atoms with E-state index in [2.05, 4.69) is 86.8 Å². The molecule has 80 heavy (non-hydrogen) atoms. The zero-order chi connectivity index (χ0) is 58.1. The summed E-state index contributed by atoms with van der Waals surface area (Å²) in [6.07, 6.45) is 79.8. The smallest absolute Gasteiger partial charge is 0.0870 e. The van der Waals surface area contributed by atoms with E-state index in [1.54, 1.807) is 0 Å². The molecule has 0 atom stereocenters. The van der Waals surface area contributed by atoms with Crippen LogP contribution in [0, 0.1) is 0 Å². The van der Waals surface area contributed by atoms with Gasteiger partial charge in [0.2, 0.25) is 0 Å². The maximum absolute atomic E-state index is 3.14. The van der Waals surface area contributed by atoms with Gasteiger partial charge in [0.25, 0.3) is 0 Å². The lowest BCUT2D eigenvalue weighted by molar-refractivity contribution is 0.394. The van der Waals surface area contributed by atoms with Crippen molar-refractivity contribution in [3.63, 3.8) is 0 Å². The third kappa shape index (κ3) is 54.5. The lowest BCUT2D eigenvalue weighted by Gasteiger charge is -2.32. The average molecular weight is 1200 g/mol. The third-order valence-corrected chi connectivity index (χ3v) is 26.6. The summed E-state index contributed by atoms with van der Waals surface area (Å²) in [4.78, 5) is 6.28. The van der Waals surface area contributed by atoms with E-state index < -0.39 is 0 Å². The molecule has 482 valence electrons. The minimum Gasteiger partial charge on any atom is -0.264 e. The van der Waals surface area contributed by atoms with Crippen LogP contribution in [0.1, 0.15) is 415 Å². The highest BCUT2D eigenvalue weighted by Gasteiger charge is 2.23. The average Bonchev–Trinajstić information content (AvgIpc) is 3.48. The Hall–Kier alpha value is 1.06. The molecule has 0 aromatic carbocycles. The number of hydrogen-bond donors (Lipinski definition) is 0. The second-order valence-electron chi connectivity index (χ2n) is 25.4. The highest BCUT2D eigenvalue weighted by molar-refractivity contribution is 8.90. The van der Waals surface area contributed by atoms with Crippen molar-refractivity contribution in [2.24, 2.45) is 0 Å². The Bertz CT molecular complexity index is 1080. The Morgan fingerprint density at radius 1 is 0.188 bits per heavy atom. The second-order valence-corrected chi connectivity index (χ2v) is 32.4. The van der Waals surface area contributed by atoms with Gasteiger partial charge >= 0.3 is 0 Å². The number of rotatable bonds is 64. The lowest BCUT2D eigenvalue weighted by atomic mass is 10.1. The van der Waals surface area contributed by atoms with Crippen molar-refractivity contribution >= 4 is 51.2 Å². The van der Waals surface area contributed by atoms with Crippen molar-refractivity contribution in [3.8, 4) is 0 Å². The van der Waals surface area contributed by atoms with Crippen LogP contribution in [0.15, 0.2) is 0 Å². The van der Waals surface area contributed by atoms with Gasteiger partial charge < -0.3 is 0 Å². The molecule has 0 aliphatic rings. The van der Waals surface area contributed by atoms with Crippen LogP contribution in [0.4, 0.5) is 0 Å². The van der Waals surface area contributed by atoms with E-state index in [-0.39, 0.29) is 0 Å². The third-order valence-electron chi connectivity index (χ3n) is 17.3. The molecule has 0 N–H and O–H groups in total. The first-order valence-electron chi connectivity index (χ1n) is 37.5. The Morgan fingerprint density at radius 2 is 0.325 bits per heavy atom. The van der Waals surface area contributed by atoms with Gasteiger partial charge in [-0.15, -0.1) is 0 Å². The molecular weight excluding hydrogens is 1050 g/mol. The zero-order valence-electron chi connectivity index (χ0n) is 56.8. The summed E-state index contributed by atoms with van der Waals surface area (Å²) in [7, 11) is 5.50. The molecule has 0 fully saturated rings. The molecule has 2 nitrogen and oxygen atoms in total. The molecule has 0 bridgehead atoms. The van der Waals surface area contributed by atoms with Crippen molar-refractivity contribution in [2.75, 3.05) is 49.2 Å². The van der Waals surface area contributed by atoms with Gasteiger partial charge in [-0.2, -0.15) is 21.0 Å². The van der Waals surface area contributed by atoms with E-state index in [1.807, 2.05) is 8.64 Å². The normalized spacial score (nSPS) is 12.0. The molecule has 0 aromatic heterocycles. The standard InChI is InChI=1S/C74H152N2S4/c1-9-17-25-33-41-49-57-65-75(66-58-50-42-34-26-18-10-2)73(79(69-61-53-45-37-29-21-13-5)70-62-54-46-38-30-22-14-6)77-78-74(76(67-59-51-43-35-27-19-11-3)68-60-52-44-36-28-20-12-4)80(71-63-55-47-39-31-23-15-7)72-64-56-48-40-32-24-16-8/h9-72H2,1-8H3. The minimum absolute atomic E-state index is 0.336. The number of nitrogens with zero attached hydrogens (tertiary/aromatic N) is 2. The Morgan fingerprint density at radius 3 is 0.487 bits per heavy atom. The fraction of sp³-hybridized carbons (Fsp3) is 0.973. The largest absolute Gasteiger partial charge is 0.264 e. The first-order valence-corrected chi connectivity index (χ1v) is 42.8. The van der Waals surface area contributed by atoms with E-state index in [0.717, 1.165) is 0 Å². The van der Waals surface area contributed by atoms with Gasteiger partial charge in [0.1, 0.15) is 0 Å². The molecular formula is C74H152N2S4. The first-order chi connectivity index (χ1) is 39.6. The van der Waals surface area contributed by atoms with Gasteiger partial charge in [-0.05, 0) is 96.0 Å². The molecule has 0 unspecified atom stereocenters. The Kier molecular flexibility index (Phi) is 70.1. The predicted octanol–water partition coefficient (Wildman–Crippen LogP) is 27.7. The molecule has 6 heteroatoms. The highest BCUT2D eigenvalue weighted by Crippen LogP contribution is 2.41. The van der Waals surface area contributed by atoms with Crippen LogP contribution in [-0.2, 0) is 0 Å². The molecule has 0 saturated carbocycles. The first kappa shape index (κ1) is 81.1. The van der Waals surface area contributed by atoms with Crippen molar-refractivity contribution in [2.45, 2.75) is 415 Å². The molecule has 0 aliphatic heterocycles. The van der Waals surface area contributed by atoms with Crippen LogP contribution < -0.4 is 0 Å². The quantitative estimate of drug-likeness (QED) is 0.0340. The molecule has 0 rings (SSSR count). The van der Waals surface area contributed by atoms with E-state index in [4.69, 9.17) is 0 Å². The van der Waals surface area contributed by atoms with Gasteiger partial charge in [-0.25, -0.2) is 0 Å². The van der Waals surface area contributed by atoms with Gasteiger partial charge in [-0.3, -0.25) is 9.80 Å². The van der Waals surface area contributed by atoms with Gasteiger partial charge in [-0.1, -0.05) is 364 Å². The van der Waals surface area contributed by atoms with E-state index in [1.165, 1.54) is 409 Å². The molecule has 0 saturated heterocycles. The van der Waals surface area contributed by atoms with Crippen molar-refractivity contribution < 1.29 is 0 Å². The summed E-state index contributed by atoms with van der Waals surface area (Å²) in [6.45, 7) is 24.3. The summed E-state index contributed by atoms with van der Waals surface area (Å²) < 4.78 is 3.78. The molecule has 0 heterocycles. The SMILES string of the molecule is CCCCCCCCCN(CCCCCCCCC)C(SSC(N(CCCCCCCCC)CCCCCCCCC)=S(CCCCCCCCC)CCCCCCCCC)=S(CCCCCCCCC)CCCCCCCCC. The van der Waals surface area contributed by atoms with Gasteiger partial charge in [0.15, 0.2) is 0 Å². The molecule has 0 radical (unpaired) electrons. The molecule has 0 spiro atoms. The van der Waals surface area contributed by atoms with Crippen molar-refractivity contribution in [3.05, 3.63) is 0 Å². The van der Waals surface area contributed by atoms with E-state index in [9.17, 15) is 0 Å². The van der Waals surface area contributed by atoms with Crippen LogP contribution in [-0.4, -0.2) is 67.6 Å². The fourth-order valence-corrected chi connectivity index (χ4v) is 22.1. The molecule has 0 aliphatic carbocycles. The van der Waals surface area contributed by atoms with Crippen molar-refractivity contribution in [1.82, 2.24) is 9.80 Å². The number of hydrogen-bond acceptors (Lipinski definition) is 2. The van der Waals surface area contributed by atoms with Crippen LogP contribution in [0.25, 0.3) is 0 Å². The predicted molar refractivity (Wildman–Crippen MR) is 387 cm³/mol. The summed E-state index contributed by atoms with van der Waals surface area (Å²) in [5.41, 5.74) is 0. The van der Waals surface area contributed by atoms with Crippen molar-refractivity contribution in [1.29, 1.82) is 0 Å². The zero-order valence-corrected chi connectivity index (χ0v) is 60.0. The Balaban J connectivity index is 7.86. The number of unbranched alkanes of at least 4 members (excludes halogenated alkanes) is 48. The van der Waals surface area contributed by atoms with Crippen LogP contribution in [0.5, 0.6) is 0 Å². The summed E-state index contributed by atoms with van der Waals surface area (Å²) in [5, 5.41) is 0. The van der Waals surface area contributed by atoms with Crippen LogP contribution in [0.2, 0.25) is 0 Å². The lowest BCUT2D eigenvalue weighted by Crippen LogP contribution is -2.34. The maximum Gasteiger partial charge on any atom is 0.0870 e. The Labute approximate surface area is 521 Å². The fourth-order valence-electron chi connectivity index (χ4n) is 11.8. The maximum atomic E-state index is 3.14. The van der Waals surface area contributed by atoms with E-state index in [0.29, 0.717) is 21.0 Å². The molecule has 0 amide bonds. The summed E-state index contributed by atoms with van der Waals surface area (Å²) in [6, 6.07) is 0. The van der Waals surface area contributed by atoms with Crippen LogP contribution >= 0.6 is 42.6 Å². The highest BCUT2D eigenvalue weighted by atomic mass is 33.1. The molecule has 0 aromatic rings. The second kappa shape index (κ2) is 69.2.